The van der Waals surface area contributed by atoms with E-state index >= 15 is 0 Å². The lowest BCUT2D eigenvalue weighted by molar-refractivity contribution is -0.167. The lowest BCUT2D eigenvalue weighted by atomic mass is 9.85. The summed E-state index contributed by atoms with van der Waals surface area (Å²) in [6.45, 7) is 5.27. The third-order valence-corrected chi connectivity index (χ3v) is 5.54. The monoisotopic (exact) mass is 294 g/mol. The van der Waals surface area contributed by atoms with Gasteiger partial charge in [-0.15, -0.1) is 0 Å². The molecule has 1 unspecified atom stereocenters. The summed E-state index contributed by atoms with van der Waals surface area (Å²) in [5, 5.41) is 10.3. The average Bonchev–Trinajstić information content (AvgIpc) is 2.40. The Labute approximate surface area is 116 Å². The number of hydrogen-bond donors (Lipinski definition) is 1. The van der Waals surface area contributed by atoms with Crippen molar-refractivity contribution in [3.8, 4) is 0 Å². The van der Waals surface area contributed by atoms with Crippen LogP contribution in [0.4, 0.5) is 0 Å². The highest BCUT2D eigenvalue weighted by Gasteiger charge is 2.40. The Hall–Kier alpha value is -0.170. The Balaban J connectivity index is 2.50. The summed E-state index contributed by atoms with van der Waals surface area (Å²) < 4.78 is 33.9. The van der Waals surface area contributed by atoms with Gasteiger partial charge in [-0.1, -0.05) is 6.92 Å². The summed E-state index contributed by atoms with van der Waals surface area (Å²) in [5.74, 6) is 0.298. The van der Waals surface area contributed by atoms with E-state index in [4.69, 9.17) is 9.47 Å². The molecule has 1 rings (SSSR count). The van der Waals surface area contributed by atoms with Gasteiger partial charge in [0.2, 0.25) is 0 Å². The molecule has 0 spiro atoms. The molecule has 19 heavy (non-hydrogen) atoms. The van der Waals surface area contributed by atoms with Crippen molar-refractivity contribution in [2.75, 3.05) is 31.3 Å². The van der Waals surface area contributed by atoms with Crippen molar-refractivity contribution in [2.45, 2.75) is 51.2 Å². The molecule has 5 nitrogen and oxygen atoms in total. The molecule has 1 fully saturated rings. The summed E-state index contributed by atoms with van der Waals surface area (Å²) in [6.07, 6.45) is 1.65. The lowest BCUT2D eigenvalue weighted by Crippen LogP contribution is -2.49. The number of hydrogen-bond acceptors (Lipinski definition) is 5. The highest BCUT2D eigenvalue weighted by molar-refractivity contribution is 7.91. The second kappa shape index (κ2) is 7.57. The van der Waals surface area contributed by atoms with Crippen molar-refractivity contribution >= 4 is 9.84 Å². The van der Waals surface area contributed by atoms with Gasteiger partial charge in [0.15, 0.2) is 0 Å². The minimum Gasteiger partial charge on any atom is -0.390 e. The van der Waals surface area contributed by atoms with Crippen LogP contribution in [0.1, 0.15) is 39.5 Å². The Morgan fingerprint density at radius 2 is 1.95 bits per heavy atom. The average molecular weight is 294 g/mol. The van der Waals surface area contributed by atoms with Crippen LogP contribution in [0.3, 0.4) is 0 Å². The molecule has 0 radical (unpaired) electrons. The van der Waals surface area contributed by atoms with E-state index in [0.717, 1.165) is 0 Å². The van der Waals surface area contributed by atoms with Crippen LogP contribution in [0.5, 0.6) is 0 Å². The van der Waals surface area contributed by atoms with Gasteiger partial charge in [-0.25, -0.2) is 8.42 Å². The number of aliphatic hydroxyl groups excluding tert-OH is 1. The Morgan fingerprint density at radius 3 is 2.47 bits per heavy atom. The predicted molar refractivity (Wildman–Crippen MR) is 74.0 cm³/mol. The quantitative estimate of drug-likeness (QED) is 0.727. The molecule has 1 atom stereocenters. The zero-order valence-electron chi connectivity index (χ0n) is 11.9. The third-order valence-electron chi connectivity index (χ3n) is 3.75. The van der Waals surface area contributed by atoms with E-state index < -0.39 is 21.5 Å². The minimum atomic E-state index is -2.95. The summed E-state index contributed by atoms with van der Waals surface area (Å²) in [5.41, 5.74) is -0.553. The molecule has 1 saturated heterocycles. The fourth-order valence-electron chi connectivity index (χ4n) is 2.48. The summed E-state index contributed by atoms with van der Waals surface area (Å²) in [4.78, 5) is 0. The first kappa shape index (κ1) is 16.9. The minimum absolute atomic E-state index is 0.138. The Morgan fingerprint density at radius 1 is 1.32 bits per heavy atom. The van der Waals surface area contributed by atoms with Crippen LogP contribution in [-0.2, 0) is 19.3 Å². The summed E-state index contributed by atoms with van der Waals surface area (Å²) in [7, 11) is -2.95. The van der Waals surface area contributed by atoms with Gasteiger partial charge < -0.3 is 14.6 Å². The van der Waals surface area contributed by atoms with Crippen LogP contribution in [-0.4, -0.2) is 56.6 Å². The van der Waals surface area contributed by atoms with Crippen molar-refractivity contribution in [1.82, 2.24) is 0 Å². The highest BCUT2D eigenvalue weighted by Crippen LogP contribution is 2.31. The van der Waals surface area contributed by atoms with Gasteiger partial charge in [-0.05, 0) is 19.8 Å². The SMILES string of the molecule is CCOC1(C(O)CCCS(=O)(=O)CC)CCOCC1. The van der Waals surface area contributed by atoms with Gasteiger partial charge in [0.25, 0.3) is 0 Å². The van der Waals surface area contributed by atoms with Crippen LogP contribution >= 0.6 is 0 Å². The smallest absolute Gasteiger partial charge is 0.150 e. The maximum atomic E-state index is 11.4. The number of aliphatic hydroxyl groups is 1. The molecule has 0 aromatic carbocycles. The van der Waals surface area contributed by atoms with Gasteiger partial charge in [0.05, 0.1) is 17.5 Å². The predicted octanol–water partition coefficient (Wildman–Crippen LogP) is 1.15. The molecular weight excluding hydrogens is 268 g/mol. The van der Waals surface area contributed by atoms with E-state index in [0.29, 0.717) is 45.5 Å². The normalized spacial score (nSPS) is 21.2. The maximum absolute atomic E-state index is 11.4. The first-order valence-electron chi connectivity index (χ1n) is 7.06. The zero-order valence-corrected chi connectivity index (χ0v) is 12.7. The van der Waals surface area contributed by atoms with E-state index in [1.54, 1.807) is 6.92 Å². The molecule has 0 saturated carbocycles. The van der Waals surface area contributed by atoms with E-state index in [9.17, 15) is 13.5 Å². The second-order valence-corrected chi connectivity index (χ2v) is 7.48. The fourth-order valence-corrected chi connectivity index (χ4v) is 3.38. The number of rotatable bonds is 8. The van der Waals surface area contributed by atoms with Gasteiger partial charge in [0.1, 0.15) is 9.84 Å². The highest BCUT2D eigenvalue weighted by atomic mass is 32.2. The van der Waals surface area contributed by atoms with Crippen molar-refractivity contribution in [1.29, 1.82) is 0 Å². The first-order chi connectivity index (χ1) is 8.96. The lowest BCUT2D eigenvalue weighted by Gasteiger charge is -2.40. The molecule has 0 aromatic heterocycles. The third kappa shape index (κ3) is 5.02. The number of sulfone groups is 1. The fraction of sp³-hybridized carbons (Fsp3) is 1.00. The molecule has 1 N–H and O–H groups in total. The van der Waals surface area contributed by atoms with E-state index in [-0.39, 0.29) is 11.5 Å². The topological polar surface area (TPSA) is 72.8 Å². The van der Waals surface area contributed by atoms with Crippen molar-refractivity contribution < 1.29 is 23.0 Å². The van der Waals surface area contributed by atoms with Crippen molar-refractivity contribution in [2.24, 2.45) is 0 Å². The molecule has 1 heterocycles. The summed E-state index contributed by atoms with van der Waals surface area (Å²) >= 11 is 0. The molecule has 0 amide bonds. The molecule has 114 valence electrons. The number of ether oxygens (including phenoxy) is 2. The molecule has 1 aliphatic rings. The standard InChI is InChI=1S/C13H26O5S/c1-3-18-13(7-9-17-10-8-13)12(14)6-5-11-19(15,16)4-2/h12,14H,3-11H2,1-2H3. The molecule has 1 aliphatic heterocycles. The Bertz CT molecular complexity index is 341. The van der Waals surface area contributed by atoms with Crippen LogP contribution < -0.4 is 0 Å². The Kier molecular flexibility index (Phi) is 6.73. The largest absolute Gasteiger partial charge is 0.390 e. The van der Waals surface area contributed by atoms with Gasteiger partial charge >= 0.3 is 0 Å². The molecule has 6 heteroatoms. The van der Waals surface area contributed by atoms with Crippen LogP contribution in [0, 0.1) is 0 Å². The summed E-state index contributed by atoms with van der Waals surface area (Å²) in [6, 6.07) is 0. The zero-order chi connectivity index (χ0) is 14.4. The molecule has 0 aliphatic carbocycles. The second-order valence-electron chi connectivity index (χ2n) is 5.00. The van der Waals surface area contributed by atoms with Gasteiger partial charge in [0, 0.05) is 38.4 Å². The van der Waals surface area contributed by atoms with Crippen LogP contribution in [0.15, 0.2) is 0 Å². The molecular formula is C13H26O5S. The van der Waals surface area contributed by atoms with E-state index in [2.05, 4.69) is 0 Å². The first-order valence-corrected chi connectivity index (χ1v) is 8.88. The van der Waals surface area contributed by atoms with Crippen LogP contribution in [0.2, 0.25) is 0 Å². The van der Waals surface area contributed by atoms with Crippen molar-refractivity contribution in [3.05, 3.63) is 0 Å². The molecule has 0 aromatic rings. The van der Waals surface area contributed by atoms with E-state index in [1.807, 2.05) is 6.92 Å². The van der Waals surface area contributed by atoms with Gasteiger partial charge in [-0.3, -0.25) is 0 Å². The maximum Gasteiger partial charge on any atom is 0.150 e. The van der Waals surface area contributed by atoms with E-state index in [1.165, 1.54) is 0 Å². The molecule has 0 bridgehead atoms. The van der Waals surface area contributed by atoms with Crippen LogP contribution in [0.25, 0.3) is 0 Å². The van der Waals surface area contributed by atoms with Gasteiger partial charge in [-0.2, -0.15) is 0 Å². The van der Waals surface area contributed by atoms with Crippen molar-refractivity contribution in [3.63, 3.8) is 0 Å².